The Morgan fingerprint density at radius 3 is 2.37 bits per heavy atom. The first-order valence-corrected chi connectivity index (χ1v) is 11.4. The number of nitrogens with one attached hydrogen (secondary N) is 1. The molecule has 7 heteroatoms. The highest BCUT2D eigenvalue weighted by atomic mass is 32.2. The second-order valence-electron chi connectivity index (χ2n) is 5.95. The molecule has 146 valence electrons. The van der Waals surface area contributed by atoms with Crippen LogP contribution in [0.5, 0.6) is 0 Å². The molecule has 27 heavy (non-hydrogen) atoms. The normalized spacial score (nSPS) is 11.6. The summed E-state index contributed by atoms with van der Waals surface area (Å²) in [5, 5.41) is 2.84. The van der Waals surface area contributed by atoms with E-state index < -0.39 is 10.0 Å². The summed E-state index contributed by atoms with van der Waals surface area (Å²) in [7, 11) is -3.59. The molecule has 1 amide bonds. The maximum Gasteiger partial charge on any atom is 0.256 e. The molecular formula is C20H26N2O3S2. The number of carbonyl (C=O) groups excluding carboxylic acids is 1. The fourth-order valence-electron chi connectivity index (χ4n) is 2.79. The number of nitrogens with zero attached hydrogens (tertiary/aromatic N) is 1. The first kappa shape index (κ1) is 21.5. The van der Waals surface area contributed by atoms with Crippen molar-refractivity contribution in [3.05, 3.63) is 53.6 Å². The number of amides is 1. The zero-order valence-electron chi connectivity index (χ0n) is 16.2. The molecule has 0 saturated heterocycles. The molecule has 0 fully saturated rings. The van der Waals surface area contributed by atoms with E-state index in [9.17, 15) is 13.2 Å². The van der Waals surface area contributed by atoms with Gasteiger partial charge in [0.25, 0.3) is 5.91 Å². The van der Waals surface area contributed by atoms with E-state index in [-0.39, 0.29) is 10.8 Å². The van der Waals surface area contributed by atoms with Gasteiger partial charge in [-0.1, -0.05) is 39.0 Å². The first-order chi connectivity index (χ1) is 12.8. The Morgan fingerprint density at radius 1 is 1.07 bits per heavy atom. The molecule has 0 aliphatic carbocycles. The van der Waals surface area contributed by atoms with E-state index >= 15 is 0 Å². The third-order valence-corrected chi connectivity index (χ3v) is 7.35. The third kappa shape index (κ3) is 4.91. The summed E-state index contributed by atoms with van der Waals surface area (Å²) in [6.07, 6.45) is 0. The molecule has 2 rings (SSSR count). The molecule has 0 radical (unpaired) electrons. The van der Waals surface area contributed by atoms with E-state index in [1.165, 1.54) is 10.4 Å². The van der Waals surface area contributed by atoms with E-state index in [0.717, 1.165) is 10.6 Å². The van der Waals surface area contributed by atoms with Crippen LogP contribution in [0.4, 0.5) is 5.69 Å². The number of benzene rings is 2. The van der Waals surface area contributed by atoms with Gasteiger partial charge >= 0.3 is 0 Å². The van der Waals surface area contributed by atoms with Crippen molar-refractivity contribution in [3.63, 3.8) is 0 Å². The molecule has 0 bridgehead atoms. The number of thioether (sulfide) groups is 1. The van der Waals surface area contributed by atoms with Gasteiger partial charge in [-0.15, -0.1) is 11.8 Å². The summed E-state index contributed by atoms with van der Waals surface area (Å²) >= 11 is 1.60. The zero-order chi connectivity index (χ0) is 20.0. The van der Waals surface area contributed by atoms with Crippen LogP contribution < -0.4 is 5.32 Å². The lowest BCUT2D eigenvalue weighted by atomic mass is 10.2. The lowest BCUT2D eigenvalue weighted by Crippen LogP contribution is -2.31. The number of hydrogen-bond acceptors (Lipinski definition) is 4. The molecule has 0 atom stereocenters. The summed E-state index contributed by atoms with van der Waals surface area (Å²) in [6.45, 7) is 8.21. The van der Waals surface area contributed by atoms with Crippen LogP contribution in [0.25, 0.3) is 0 Å². The molecule has 0 aromatic heterocycles. The van der Waals surface area contributed by atoms with Crippen molar-refractivity contribution in [2.75, 3.05) is 24.2 Å². The third-order valence-electron chi connectivity index (χ3n) is 4.20. The number of hydrogen-bond donors (Lipinski definition) is 1. The first-order valence-electron chi connectivity index (χ1n) is 8.99. The van der Waals surface area contributed by atoms with E-state index in [2.05, 4.69) is 5.32 Å². The van der Waals surface area contributed by atoms with Gasteiger partial charge < -0.3 is 5.32 Å². The fourth-order valence-corrected chi connectivity index (χ4v) is 5.30. The van der Waals surface area contributed by atoms with Crippen LogP contribution in [0.1, 0.15) is 36.7 Å². The molecule has 0 saturated carbocycles. The monoisotopic (exact) mass is 406 g/mol. The van der Waals surface area contributed by atoms with Gasteiger partial charge in [0.1, 0.15) is 0 Å². The molecule has 0 unspecified atom stereocenters. The van der Waals surface area contributed by atoms with Crippen LogP contribution in [0.3, 0.4) is 0 Å². The lowest BCUT2D eigenvalue weighted by Gasteiger charge is -2.20. The highest BCUT2D eigenvalue weighted by molar-refractivity contribution is 7.99. The quantitative estimate of drug-likeness (QED) is 0.660. The number of rotatable bonds is 8. The number of anilines is 1. The SMILES string of the molecule is CCSc1ccccc1C(=O)Nc1ccc(C)c(S(=O)(=O)N(CC)CC)c1. The van der Waals surface area contributed by atoms with Crippen LogP contribution in [-0.2, 0) is 10.0 Å². The summed E-state index contributed by atoms with van der Waals surface area (Å²) in [6, 6.07) is 12.4. The van der Waals surface area contributed by atoms with Crippen LogP contribution >= 0.6 is 11.8 Å². The molecule has 1 N–H and O–H groups in total. The van der Waals surface area contributed by atoms with Gasteiger partial charge in [0.2, 0.25) is 10.0 Å². The molecule has 0 heterocycles. The number of sulfonamides is 1. The van der Waals surface area contributed by atoms with E-state index in [1.807, 2.05) is 39.0 Å². The van der Waals surface area contributed by atoms with E-state index in [0.29, 0.717) is 29.9 Å². The van der Waals surface area contributed by atoms with Gasteiger partial charge in [0, 0.05) is 23.7 Å². The summed E-state index contributed by atoms with van der Waals surface area (Å²) in [4.78, 5) is 13.8. The van der Waals surface area contributed by atoms with Crippen molar-refractivity contribution in [2.24, 2.45) is 0 Å². The Morgan fingerprint density at radius 2 is 1.74 bits per heavy atom. The summed E-state index contributed by atoms with van der Waals surface area (Å²) in [5.74, 6) is 0.614. The highest BCUT2D eigenvalue weighted by Crippen LogP contribution is 2.26. The average Bonchev–Trinajstić information content (AvgIpc) is 2.64. The lowest BCUT2D eigenvalue weighted by molar-refractivity contribution is 0.102. The molecule has 2 aromatic rings. The Bertz CT molecular complexity index is 907. The van der Waals surface area contributed by atoms with Gasteiger partial charge in [0.05, 0.1) is 10.5 Å². The smallest absolute Gasteiger partial charge is 0.256 e. The molecule has 5 nitrogen and oxygen atoms in total. The van der Waals surface area contributed by atoms with Crippen LogP contribution in [0, 0.1) is 6.92 Å². The minimum atomic E-state index is -3.59. The van der Waals surface area contributed by atoms with E-state index in [1.54, 1.807) is 36.9 Å². The molecule has 0 aliphatic heterocycles. The zero-order valence-corrected chi connectivity index (χ0v) is 17.8. The van der Waals surface area contributed by atoms with Crippen molar-refractivity contribution in [1.29, 1.82) is 0 Å². The van der Waals surface area contributed by atoms with Crippen molar-refractivity contribution in [1.82, 2.24) is 4.31 Å². The predicted molar refractivity (Wildman–Crippen MR) is 112 cm³/mol. The van der Waals surface area contributed by atoms with Gasteiger partial charge in [-0.3, -0.25) is 4.79 Å². The summed E-state index contributed by atoms with van der Waals surface area (Å²) in [5.41, 5.74) is 1.70. The average molecular weight is 407 g/mol. The van der Waals surface area contributed by atoms with Crippen LogP contribution in [0.2, 0.25) is 0 Å². The fraction of sp³-hybridized carbons (Fsp3) is 0.350. The molecule has 0 spiro atoms. The Hall–Kier alpha value is -1.83. The number of aryl methyl sites for hydroxylation is 1. The highest BCUT2D eigenvalue weighted by Gasteiger charge is 2.24. The van der Waals surface area contributed by atoms with E-state index in [4.69, 9.17) is 0 Å². The predicted octanol–water partition coefficient (Wildman–Crippen LogP) is 4.39. The second kappa shape index (κ2) is 9.39. The van der Waals surface area contributed by atoms with Crippen molar-refractivity contribution >= 4 is 33.4 Å². The standard InChI is InChI=1S/C20H26N2O3S2/c1-5-22(6-2)27(24,25)19-14-16(13-12-15(19)4)21-20(23)17-10-8-9-11-18(17)26-7-3/h8-14H,5-7H2,1-4H3,(H,21,23). The van der Waals surface area contributed by atoms with Gasteiger partial charge in [0.15, 0.2) is 0 Å². The Labute approximate surface area is 166 Å². The Balaban J connectivity index is 2.35. The van der Waals surface area contributed by atoms with Crippen molar-refractivity contribution in [3.8, 4) is 0 Å². The topological polar surface area (TPSA) is 66.5 Å². The minimum Gasteiger partial charge on any atom is -0.322 e. The second-order valence-corrected chi connectivity index (χ2v) is 9.17. The maximum absolute atomic E-state index is 12.9. The van der Waals surface area contributed by atoms with Gasteiger partial charge in [-0.25, -0.2) is 8.42 Å². The molecule has 2 aromatic carbocycles. The largest absolute Gasteiger partial charge is 0.322 e. The minimum absolute atomic E-state index is 0.222. The van der Waals surface area contributed by atoms with Crippen LogP contribution in [0.15, 0.2) is 52.3 Å². The van der Waals surface area contributed by atoms with Gasteiger partial charge in [-0.2, -0.15) is 4.31 Å². The van der Waals surface area contributed by atoms with Crippen molar-refractivity contribution < 1.29 is 13.2 Å². The van der Waals surface area contributed by atoms with Crippen LogP contribution in [-0.4, -0.2) is 37.5 Å². The van der Waals surface area contributed by atoms with Gasteiger partial charge in [-0.05, 0) is 42.5 Å². The molecule has 0 aliphatic rings. The summed E-state index contributed by atoms with van der Waals surface area (Å²) < 4.78 is 27.2. The Kier molecular flexibility index (Phi) is 7.47. The maximum atomic E-state index is 12.9. The van der Waals surface area contributed by atoms with Crippen molar-refractivity contribution in [2.45, 2.75) is 37.5 Å². The molecular weight excluding hydrogens is 380 g/mol. The number of carbonyl (C=O) groups is 1.